The van der Waals surface area contributed by atoms with Gasteiger partial charge in [0.2, 0.25) is 0 Å². The third kappa shape index (κ3) is 15.2. The Labute approximate surface area is 355 Å². The topological polar surface area (TPSA) is 104 Å². The molecule has 0 saturated heterocycles. The average molecular weight is 807 g/mol. The molecule has 0 bridgehead atoms. The second kappa shape index (κ2) is 22.0. The molecule has 2 rings (SSSR count). The molecule has 6 heteroatoms. The number of carboxylic acid groups (broad SMARTS) is 1. The zero-order valence-corrected chi connectivity index (χ0v) is 39.7. The van der Waals surface area contributed by atoms with E-state index < -0.39 is 28.4 Å². The molecule has 0 saturated carbocycles. The SMILES string of the molecule is CCCCCCCCCCCC(CCCCCC)C(CC(=O)O)(OC(=O)CCc1cc(C(C)(C)C)c(O)c(C(C)(C)C)c1)c1cc(C(C)(C)C)c(O)c(C(C)(C)C)c1. The van der Waals surface area contributed by atoms with Crippen molar-refractivity contribution < 1.29 is 29.6 Å². The summed E-state index contributed by atoms with van der Waals surface area (Å²) < 4.78 is 6.85. The number of carbonyl (C=O) groups excluding carboxylic acids is 1. The summed E-state index contributed by atoms with van der Waals surface area (Å²) in [5.74, 6) is -1.16. The van der Waals surface area contributed by atoms with Gasteiger partial charge in [-0.05, 0) is 86.4 Å². The number of esters is 1. The van der Waals surface area contributed by atoms with E-state index in [1.54, 1.807) is 0 Å². The Bertz CT molecular complexity index is 1520. The number of phenols is 2. The molecule has 2 aromatic carbocycles. The first-order chi connectivity index (χ1) is 26.8. The fourth-order valence-corrected chi connectivity index (χ4v) is 8.52. The fourth-order valence-electron chi connectivity index (χ4n) is 8.52. The van der Waals surface area contributed by atoms with Gasteiger partial charge < -0.3 is 20.1 Å². The Balaban J connectivity index is 2.78. The summed E-state index contributed by atoms with van der Waals surface area (Å²) in [7, 11) is 0. The van der Waals surface area contributed by atoms with E-state index in [2.05, 4.69) is 96.9 Å². The van der Waals surface area contributed by atoms with E-state index in [9.17, 15) is 24.9 Å². The van der Waals surface area contributed by atoms with Crippen LogP contribution in [0, 0.1) is 5.92 Å². The van der Waals surface area contributed by atoms with Gasteiger partial charge in [-0.15, -0.1) is 0 Å². The number of carbonyl (C=O) groups is 2. The Hall–Kier alpha value is -3.02. The van der Waals surface area contributed by atoms with Crippen LogP contribution in [-0.2, 0) is 48.0 Å². The molecule has 2 atom stereocenters. The number of benzene rings is 2. The number of ether oxygens (including phenoxy) is 1. The highest BCUT2D eigenvalue weighted by atomic mass is 16.6. The number of hydrogen-bond donors (Lipinski definition) is 3. The molecule has 2 aromatic rings. The van der Waals surface area contributed by atoms with Crippen molar-refractivity contribution in [3.63, 3.8) is 0 Å². The number of aromatic hydroxyl groups is 2. The van der Waals surface area contributed by atoms with Crippen LogP contribution in [0.25, 0.3) is 0 Å². The lowest BCUT2D eigenvalue weighted by Crippen LogP contribution is -2.43. The van der Waals surface area contributed by atoms with E-state index in [0.717, 1.165) is 85.6 Å². The van der Waals surface area contributed by atoms with Crippen LogP contribution in [0.2, 0.25) is 0 Å². The molecule has 2 unspecified atom stereocenters. The van der Waals surface area contributed by atoms with Crippen molar-refractivity contribution in [2.75, 3.05) is 0 Å². The zero-order chi connectivity index (χ0) is 44.1. The zero-order valence-electron chi connectivity index (χ0n) is 39.7. The largest absolute Gasteiger partial charge is 0.507 e. The number of aliphatic carboxylic acids is 1. The first-order valence-electron chi connectivity index (χ1n) is 23.0. The molecule has 0 spiro atoms. The monoisotopic (exact) mass is 807 g/mol. The van der Waals surface area contributed by atoms with Crippen molar-refractivity contribution in [1.82, 2.24) is 0 Å². The maximum atomic E-state index is 14.5. The van der Waals surface area contributed by atoms with Gasteiger partial charge in [-0.3, -0.25) is 9.59 Å². The maximum Gasteiger partial charge on any atom is 0.307 e. The Morgan fingerprint density at radius 1 is 0.552 bits per heavy atom. The Kier molecular flexibility index (Phi) is 19.4. The smallest absolute Gasteiger partial charge is 0.307 e. The highest BCUT2D eigenvalue weighted by Gasteiger charge is 2.47. The van der Waals surface area contributed by atoms with Gasteiger partial charge in [-0.1, -0.05) is 193 Å². The fraction of sp³-hybridized carbons (Fsp3) is 0.731. The van der Waals surface area contributed by atoms with Crippen LogP contribution < -0.4 is 0 Å². The van der Waals surface area contributed by atoms with Gasteiger partial charge in [-0.2, -0.15) is 0 Å². The average Bonchev–Trinajstić information content (AvgIpc) is 3.08. The van der Waals surface area contributed by atoms with Crippen molar-refractivity contribution in [2.45, 2.75) is 240 Å². The molecule has 0 radical (unpaired) electrons. The second-order valence-electron chi connectivity index (χ2n) is 21.6. The van der Waals surface area contributed by atoms with E-state index in [0.29, 0.717) is 17.7 Å². The summed E-state index contributed by atoms with van der Waals surface area (Å²) in [6, 6.07) is 7.91. The van der Waals surface area contributed by atoms with Gasteiger partial charge in [0, 0.05) is 12.3 Å². The lowest BCUT2D eigenvalue weighted by Gasteiger charge is -2.42. The summed E-state index contributed by atoms with van der Waals surface area (Å²) in [4.78, 5) is 27.8. The summed E-state index contributed by atoms with van der Waals surface area (Å²) in [5.41, 5.74) is 1.75. The first kappa shape index (κ1) is 51.1. The number of rotatable bonds is 23. The lowest BCUT2D eigenvalue weighted by molar-refractivity contribution is -0.175. The van der Waals surface area contributed by atoms with Crippen molar-refractivity contribution in [2.24, 2.45) is 5.92 Å². The van der Waals surface area contributed by atoms with Crippen LogP contribution in [0.15, 0.2) is 24.3 Å². The van der Waals surface area contributed by atoms with Gasteiger partial charge in [-0.25, -0.2) is 0 Å². The van der Waals surface area contributed by atoms with E-state index in [1.165, 1.54) is 38.5 Å². The quantitative estimate of drug-likeness (QED) is 0.0763. The van der Waals surface area contributed by atoms with Crippen molar-refractivity contribution in [3.8, 4) is 11.5 Å². The Morgan fingerprint density at radius 3 is 1.26 bits per heavy atom. The summed E-state index contributed by atoms with van der Waals surface area (Å²) >= 11 is 0. The number of hydrogen-bond acceptors (Lipinski definition) is 5. The summed E-state index contributed by atoms with van der Waals surface area (Å²) in [6.45, 7) is 29.3. The molecule has 0 aliphatic heterocycles. The number of aryl methyl sites for hydroxylation is 1. The van der Waals surface area contributed by atoms with E-state index in [4.69, 9.17) is 4.74 Å². The standard InChI is InChI=1S/C52H86O6/c1-15-17-19-21-22-23-24-25-27-29-38(28-26-20-18-16-2)52(36-44(53)54,39-34-42(50(9,10)11)47(57)43(35-39)51(12,13)14)58-45(55)31-30-37-32-40(48(3,4)5)46(56)41(33-37)49(6,7)8/h32-35,38,56-57H,15-31,36H2,1-14H3,(H,53,54). The van der Waals surface area contributed by atoms with Crippen molar-refractivity contribution >= 4 is 11.9 Å². The molecule has 0 aromatic heterocycles. The predicted molar refractivity (Wildman–Crippen MR) is 243 cm³/mol. The van der Waals surface area contributed by atoms with Gasteiger partial charge in [0.15, 0.2) is 5.60 Å². The van der Waals surface area contributed by atoms with Crippen molar-refractivity contribution in [1.29, 1.82) is 0 Å². The highest BCUT2D eigenvalue weighted by Crippen LogP contribution is 2.49. The minimum Gasteiger partial charge on any atom is -0.507 e. The number of phenolic OH excluding ortho intramolecular Hbond substituents is 2. The van der Waals surface area contributed by atoms with Crippen LogP contribution in [0.5, 0.6) is 11.5 Å². The predicted octanol–water partition coefficient (Wildman–Crippen LogP) is 14.6. The maximum absolute atomic E-state index is 14.5. The molecule has 0 aliphatic carbocycles. The minimum absolute atomic E-state index is 0.0657. The first-order valence-corrected chi connectivity index (χ1v) is 23.0. The third-order valence-electron chi connectivity index (χ3n) is 12.0. The Morgan fingerprint density at radius 2 is 0.897 bits per heavy atom. The van der Waals surface area contributed by atoms with E-state index in [1.807, 2.05) is 24.3 Å². The number of unbranched alkanes of at least 4 members (excludes halogenated alkanes) is 11. The van der Waals surface area contributed by atoms with Crippen LogP contribution in [0.1, 0.15) is 239 Å². The molecule has 0 heterocycles. The second-order valence-corrected chi connectivity index (χ2v) is 21.6. The van der Waals surface area contributed by atoms with Crippen LogP contribution in [0.4, 0.5) is 0 Å². The molecule has 3 N–H and O–H groups in total. The normalized spacial score (nSPS) is 14.3. The van der Waals surface area contributed by atoms with Crippen LogP contribution in [0.3, 0.4) is 0 Å². The van der Waals surface area contributed by atoms with Gasteiger partial charge in [0.05, 0.1) is 6.42 Å². The molecule has 0 aliphatic rings. The molecular formula is C52H86O6. The van der Waals surface area contributed by atoms with Gasteiger partial charge >= 0.3 is 11.9 Å². The summed E-state index contributed by atoms with van der Waals surface area (Å²) in [5, 5.41) is 34.0. The van der Waals surface area contributed by atoms with Crippen LogP contribution in [-0.4, -0.2) is 27.3 Å². The third-order valence-corrected chi connectivity index (χ3v) is 12.0. The number of carboxylic acids is 1. The van der Waals surface area contributed by atoms with Gasteiger partial charge in [0.1, 0.15) is 11.5 Å². The highest BCUT2D eigenvalue weighted by molar-refractivity contribution is 5.74. The van der Waals surface area contributed by atoms with E-state index in [-0.39, 0.29) is 35.3 Å². The molecule has 0 amide bonds. The summed E-state index contributed by atoms with van der Waals surface area (Å²) in [6.07, 6.45) is 16.4. The molecule has 58 heavy (non-hydrogen) atoms. The van der Waals surface area contributed by atoms with Gasteiger partial charge in [0.25, 0.3) is 0 Å². The lowest BCUT2D eigenvalue weighted by atomic mass is 9.70. The van der Waals surface area contributed by atoms with Crippen LogP contribution >= 0.6 is 0 Å². The molecule has 0 fully saturated rings. The van der Waals surface area contributed by atoms with Crippen molar-refractivity contribution in [3.05, 3.63) is 57.6 Å². The van der Waals surface area contributed by atoms with E-state index >= 15 is 0 Å². The molecule has 6 nitrogen and oxygen atoms in total. The molecule has 330 valence electrons. The molecular weight excluding hydrogens is 721 g/mol. The minimum atomic E-state index is -1.44.